The van der Waals surface area contributed by atoms with Gasteiger partial charge in [0.2, 0.25) is 5.88 Å². The molecule has 21 heavy (non-hydrogen) atoms. The molecule has 0 saturated heterocycles. The van der Waals surface area contributed by atoms with Gasteiger partial charge in [0, 0.05) is 19.8 Å². The molecule has 0 fully saturated rings. The zero-order valence-corrected chi connectivity index (χ0v) is 12.0. The predicted molar refractivity (Wildman–Crippen MR) is 82.0 cm³/mol. The molecule has 0 aliphatic carbocycles. The summed E-state index contributed by atoms with van der Waals surface area (Å²) in [5.41, 5.74) is 0.486. The average Bonchev–Trinajstić information content (AvgIpc) is 2.37. The van der Waals surface area contributed by atoms with Gasteiger partial charge in [-0.05, 0) is 31.2 Å². The van der Waals surface area contributed by atoms with Crippen molar-refractivity contribution >= 4 is 17.1 Å². The van der Waals surface area contributed by atoms with Crippen molar-refractivity contribution in [3.05, 3.63) is 50.7 Å². The Morgan fingerprint density at radius 1 is 1.14 bits per heavy atom. The van der Waals surface area contributed by atoms with Crippen LogP contribution in [0.5, 0.6) is 5.88 Å². The van der Waals surface area contributed by atoms with Crippen LogP contribution in [-0.2, 0) is 0 Å². The first-order chi connectivity index (χ1) is 9.88. The van der Waals surface area contributed by atoms with Gasteiger partial charge in [0.15, 0.2) is 0 Å². The van der Waals surface area contributed by atoms with Gasteiger partial charge in [0.25, 0.3) is 5.56 Å². The highest BCUT2D eigenvalue weighted by atomic mass is 16.3. The highest BCUT2D eigenvalue weighted by Crippen LogP contribution is 2.19. The number of rotatable bonds is 3. The van der Waals surface area contributed by atoms with E-state index in [0.717, 1.165) is 5.69 Å². The summed E-state index contributed by atoms with van der Waals surface area (Å²) in [6.45, 7) is 1.59. The summed E-state index contributed by atoms with van der Waals surface area (Å²) in [4.78, 5) is 33.2. The molecule has 0 aliphatic rings. The van der Waals surface area contributed by atoms with Crippen LogP contribution in [0.3, 0.4) is 0 Å². The van der Waals surface area contributed by atoms with Gasteiger partial charge in [-0.1, -0.05) is 0 Å². The van der Waals surface area contributed by atoms with Crippen LogP contribution in [-0.4, -0.2) is 34.9 Å². The molecule has 3 N–H and O–H groups in total. The first-order valence-corrected chi connectivity index (χ1v) is 6.27. The summed E-state index contributed by atoms with van der Waals surface area (Å²) in [5, 5.41) is 9.67. The minimum absolute atomic E-state index is 0.0497. The molecule has 7 heteroatoms. The molecular weight excluding hydrogens is 272 g/mol. The van der Waals surface area contributed by atoms with E-state index >= 15 is 0 Å². The molecule has 0 atom stereocenters. The second-order valence-electron chi connectivity index (χ2n) is 4.74. The molecule has 0 aliphatic heterocycles. The zero-order chi connectivity index (χ0) is 15.6. The van der Waals surface area contributed by atoms with Crippen LogP contribution in [0.4, 0.5) is 11.4 Å². The Morgan fingerprint density at radius 2 is 1.76 bits per heavy atom. The lowest BCUT2D eigenvalue weighted by Gasteiger charge is -2.11. The van der Waals surface area contributed by atoms with Crippen molar-refractivity contribution in [1.82, 2.24) is 9.97 Å². The number of nitrogens with zero attached hydrogens (tertiary/aromatic N) is 2. The van der Waals surface area contributed by atoms with Gasteiger partial charge in [0.1, 0.15) is 5.56 Å². The number of nitrogens with one attached hydrogen (secondary N) is 2. The quantitative estimate of drug-likeness (QED) is 0.732. The molecular formula is C14H16N4O3. The minimum atomic E-state index is -0.760. The van der Waals surface area contributed by atoms with Crippen molar-refractivity contribution in [1.29, 1.82) is 0 Å². The Balaban J connectivity index is 2.42. The Kier molecular flexibility index (Phi) is 3.93. The second kappa shape index (κ2) is 5.66. The number of hydrogen-bond donors (Lipinski definition) is 3. The van der Waals surface area contributed by atoms with Crippen LogP contribution in [0.15, 0.2) is 38.8 Å². The fourth-order valence-corrected chi connectivity index (χ4v) is 1.88. The van der Waals surface area contributed by atoms with Crippen LogP contribution in [0.1, 0.15) is 12.5 Å². The minimum Gasteiger partial charge on any atom is -0.494 e. The van der Waals surface area contributed by atoms with Crippen LogP contribution in [0.2, 0.25) is 0 Å². The summed E-state index contributed by atoms with van der Waals surface area (Å²) >= 11 is 0. The number of hydrogen-bond acceptors (Lipinski definition) is 5. The fourth-order valence-electron chi connectivity index (χ4n) is 1.88. The first kappa shape index (κ1) is 14.6. The van der Waals surface area contributed by atoms with Gasteiger partial charge < -0.3 is 10.0 Å². The van der Waals surface area contributed by atoms with E-state index in [4.69, 9.17) is 0 Å². The van der Waals surface area contributed by atoms with Crippen molar-refractivity contribution in [3.63, 3.8) is 0 Å². The van der Waals surface area contributed by atoms with Crippen molar-refractivity contribution in [2.24, 2.45) is 4.99 Å². The maximum Gasteiger partial charge on any atom is 0.328 e. The maximum absolute atomic E-state index is 11.7. The third kappa shape index (κ3) is 3.19. The van der Waals surface area contributed by atoms with Crippen LogP contribution in [0, 0.1) is 0 Å². The molecule has 2 rings (SSSR count). The lowest BCUT2D eigenvalue weighted by molar-refractivity contribution is 0.447. The number of H-pyrrole nitrogens is 2. The number of aromatic hydroxyl groups is 1. The topological polar surface area (TPSA) is 102 Å². The maximum atomic E-state index is 11.7. The van der Waals surface area contributed by atoms with Gasteiger partial charge >= 0.3 is 5.69 Å². The Hall–Kier alpha value is -2.83. The Morgan fingerprint density at radius 3 is 2.29 bits per heavy atom. The van der Waals surface area contributed by atoms with Gasteiger partial charge in [0.05, 0.1) is 11.4 Å². The molecule has 1 aromatic carbocycles. The molecule has 0 saturated carbocycles. The van der Waals surface area contributed by atoms with Gasteiger partial charge in [-0.2, -0.15) is 0 Å². The predicted octanol–water partition coefficient (Wildman–Crippen LogP) is 0.976. The van der Waals surface area contributed by atoms with Crippen LogP contribution in [0.25, 0.3) is 0 Å². The SMILES string of the molecule is CC(=Nc1ccc(N(C)C)cc1)c1c(O)[nH]c(=O)[nH]c1=O. The van der Waals surface area contributed by atoms with E-state index in [2.05, 4.69) is 15.0 Å². The van der Waals surface area contributed by atoms with E-state index in [1.807, 2.05) is 31.1 Å². The normalized spacial score (nSPS) is 11.5. The van der Waals surface area contributed by atoms with E-state index in [1.54, 1.807) is 19.1 Å². The molecule has 0 amide bonds. The lowest BCUT2D eigenvalue weighted by atomic mass is 10.2. The van der Waals surface area contributed by atoms with Crippen LogP contribution < -0.4 is 16.1 Å². The first-order valence-electron chi connectivity index (χ1n) is 6.27. The Labute approximate surface area is 120 Å². The molecule has 2 aromatic rings. The summed E-state index contributed by atoms with van der Waals surface area (Å²) in [6, 6.07) is 7.39. The summed E-state index contributed by atoms with van der Waals surface area (Å²) in [7, 11) is 3.86. The molecule has 0 bridgehead atoms. The van der Waals surface area contributed by atoms with Crippen LogP contribution >= 0.6 is 0 Å². The summed E-state index contributed by atoms with van der Waals surface area (Å²) in [5.74, 6) is -0.491. The lowest BCUT2D eigenvalue weighted by Crippen LogP contribution is -2.27. The Bertz CT molecular complexity index is 785. The molecule has 1 aromatic heterocycles. The number of aromatic amines is 2. The van der Waals surface area contributed by atoms with Gasteiger partial charge in [-0.3, -0.25) is 19.8 Å². The molecule has 110 valence electrons. The third-order valence-electron chi connectivity index (χ3n) is 2.95. The summed E-state index contributed by atoms with van der Waals surface area (Å²) < 4.78 is 0. The monoisotopic (exact) mass is 288 g/mol. The van der Waals surface area contributed by atoms with E-state index in [0.29, 0.717) is 11.4 Å². The van der Waals surface area contributed by atoms with E-state index in [9.17, 15) is 14.7 Å². The summed E-state index contributed by atoms with van der Waals surface area (Å²) in [6.07, 6.45) is 0. The second-order valence-corrected chi connectivity index (χ2v) is 4.74. The number of aliphatic imine (C=N–C) groups is 1. The highest BCUT2D eigenvalue weighted by molar-refractivity contribution is 6.01. The van der Waals surface area contributed by atoms with Crippen molar-refractivity contribution < 1.29 is 5.11 Å². The fraction of sp³-hybridized carbons (Fsp3) is 0.214. The third-order valence-corrected chi connectivity index (χ3v) is 2.95. The number of aromatic nitrogens is 2. The number of anilines is 1. The standard InChI is InChI=1S/C14H16N4O3/c1-8(11-12(19)16-14(21)17-13(11)20)15-9-4-6-10(7-5-9)18(2)3/h4-7H,1-3H3,(H3,16,17,19,20,21). The largest absolute Gasteiger partial charge is 0.494 e. The van der Waals surface area contributed by atoms with Gasteiger partial charge in [-0.25, -0.2) is 4.79 Å². The highest BCUT2D eigenvalue weighted by Gasteiger charge is 2.11. The average molecular weight is 288 g/mol. The molecule has 0 unspecified atom stereocenters. The molecule has 1 heterocycles. The van der Waals surface area contributed by atoms with E-state index in [-0.39, 0.29) is 5.56 Å². The smallest absolute Gasteiger partial charge is 0.328 e. The molecule has 0 radical (unpaired) electrons. The van der Waals surface area contributed by atoms with Gasteiger partial charge in [-0.15, -0.1) is 0 Å². The van der Waals surface area contributed by atoms with Crippen molar-refractivity contribution in [2.45, 2.75) is 6.92 Å². The van der Waals surface area contributed by atoms with Crippen molar-refractivity contribution in [3.8, 4) is 5.88 Å². The van der Waals surface area contributed by atoms with Crippen molar-refractivity contribution in [2.75, 3.05) is 19.0 Å². The van der Waals surface area contributed by atoms with E-state index < -0.39 is 17.1 Å². The molecule has 0 spiro atoms. The number of benzene rings is 1. The zero-order valence-electron chi connectivity index (χ0n) is 12.0. The molecule has 7 nitrogen and oxygen atoms in total. The van der Waals surface area contributed by atoms with E-state index in [1.165, 1.54) is 0 Å².